The van der Waals surface area contributed by atoms with Gasteiger partial charge in [-0.25, -0.2) is 0 Å². The van der Waals surface area contributed by atoms with Gasteiger partial charge >= 0.3 is 5.97 Å². The molecular weight excluding hydrogens is 308 g/mol. The third kappa shape index (κ3) is 3.78. The summed E-state index contributed by atoms with van der Waals surface area (Å²) in [5.74, 6) is 1.58. The van der Waals surface area contributed by atoms with Crippen molar-refractivity contribution in [1.29, 1.82) is 0 Å². The molecule has 0 radical (unpaired) electrons. The zero-order valence-corrected chi connectivity index (χ0v) is 17.3. The Hall–Kier alpha value is -0.530. The number of carbonyl (C=O) groups is 1. The number of esters is 1. The van der Waals surface area contributed by atoms with Crippen molar-refractivity contribution >= 4 is 5.97 Å². The zero-order valence-electron chi connectivity index (χ0n) is 17.3. The van der Waals surface area contributed by atoms with Gasteiger partial charge in [0.25, 0.3) is 0 Å². The maximum Gasteiger partial charge on any atom is 0.312 e. The molecule has 25 heavy (non-hydrogen) atoms. The molecule has 0 spiro atoms. The highest BCUT2D eigenvalue weighted by Gasteiger charge is 2.68. The Kier molecular flexibility index (Phi) is 5.30. The molecule has 0 aromatic carbocycles. The molecule has 0 bridgehead atoms. The standard InChI is InChI=1S/C23H40O2/c1-6-21(2,3)15-23(16-22(23,4)5)20(24)25-19-14-10-8-12-17-11-7-9-13-18(17)19/h17-19H,6-16H2,1-5H3. The summed E-state index contributed by atoms with van der Waals surface area (Å²) in [4.78, 5) is 13.4. The van der Waals surface area contributed by atoms with Crippen LogP contribution in [0.25, 0.3) is 0 Å². The maximum atomic E-state index is 13.4. The number of hydrogen-bond acceptors (Lipinski definition) is 2. The van der Waals surface area contributed by atoms with Gasteiger partial charge < -0.3 is 4.74 Å². The highest BCUT2D eigenvalue weighted by Crippen LogP contribution is 2.68. The predicted molar refractivity (Wildman–Crippen MR) is 103 cm³/mol. The Bertz CT molecular complexity index is 492. The highest BCUT2D eigenvalue weighted by atomic mass is 16.5. The summed E-state index contributed by atoms with van der Waals surface area (Å²) in [6, 6.07) is 0. The van der Waals surface area contributed by atoms with Crippen LogP contribution in [-0.2, 0) is 9.53 Å². The normalized spacial score (nSPS) is 37.7. The van der Waals surface area contributed by atoms with E-state index in [2.05, 4.69) is 34.6 Å². The van der Waals surface area contributed by atoms with Gasteiger partial charge in [0, 0.05) is 0 Å². The molecule has 0 heterocycles. The zero-order chi connectivity index (χ0) is 18.3. The van der Waals surface area contributed by atoms with Gasteiger partial charge in [-0.15, -0.1) is 0 Å². The summed E-state index contributed by atoms with van der Waals surface area (Å²) in [6.07, 6.45) is 13.7. The van der Waals surface area contributed by atoms with E-state index in [9.17, 15) is 4.79 Å². The minimum Gasteiger partial charge on any atom is -0.462 e. The first-order valence-electron chi connectivity index (χ1n) is 10.9. The summed E-state index contributed by atoms with van der Waals surface area (Å²) < 4.78 is 6.36. The second-order valence-corrected chi connectivity index (χ2v) is 10.8. The van der Waals surface area contributed by atoms with Crippen LogP contribution in [0.2, 0.25) is 0 Å². The number of hydrogen-bond donors (Lipinski definition) is 0. The van der Waals surface area contributed by atoms with Crippen molar-refractivity contribution in [1.82, 2.24) is 0 Å². The van der Waals surface area contributed by atoms with E-state index in [4.69, 9.17) is 4.74 Å². The third-order valence-corrected chi connectivity index (χ3v) is 8.06. The predicted octanol–water partition coefficient (Wildman–Crippen LogP) is 6.52. The van der Waals surface area contributed by atoms with Crippen LogP contribution in [0, 0.1) is 28.1 Å². The van der Waals surface area contributed by atoms with Crippen molar-refractivity contribution in [3.63, 3.8) is 0 Å². The second-order valence-electron chi connectivity index (χ2n) is 10.8. The van der Waals surface area contributed by atoms with Crippen molar-refractivity contribution in [2.24, 2.45) is 28.1 Å². The lowest BCUT2D eigenvalue weighted by molar-refractivity contribution is -0.164. The fraction of sp³-hybridized carbons (Fsp3) is 0.957. The highest BCUT2D eigenvalue weighted by molar-refractivity contribution is 5.82. The van der Waals surface area contributed by atoms with E-state index >= 15 is 0 Å². The molecule has 0 aliphatic heterocycles. The van der Waals surface area contributed by atoms with Crippen LogP contribution in [0.1, 0.15) is 105 Å². The van der Waals surface area contributed by atoms with Crippen LogP contribution >= 0.6 is 0 Å². The van der Waals surface area contributed by atoms with Crippen LogP contribution in [0.5, 0.6) is 0 Å². The number of rotatable bonds is 5. The quantitative estimate of drug-likeness (QED) is 0.529. The lowest BCUT2D eigenvalue weighted by Gasteiger charge is -2.37. The topological polar surface area (TPSA) is 26.3 Å². The fourth-order valence-electron chi connectivity index (χ4n) is 5.82. The van der Waals surface area contributed by atoms with Crippen LogP contribution in [-0.4, -0.2) is 12.1 Å². The molecule has 144 valence electrons. The lowest BCUT2D eigenvalue weighted by Crippen LogP contribution is -2.37. The van der Waals surface area contributed by atoms with E-state index in [0.717, 1.165) is 31.6 Å². The van der Waals surface area contributed by atoms with Crippen molar-refractivity contribution < 1.29 is 9.53 Å². The smallest absolute Gasteiger partial charge is 0.312 e. The van der Waals surface area contributed by atoms with Gasteiger partial charge in [0.1, 0.15) is 6.10 Å². The average molecular weight is 349 g/mol. The Balaban J connectivity index is 1.73. The second kappa shape index (κ2) is 6.89. The van der Waals surface area contributed by atoms with Crippen molar-refractivity contribution in [3.05, 3.63) is 0 Å². The summed E-state index contributed by atoms with van der Waals surface area (Å²) in [6.45, 7) is 11.4. The van der Waals surface area contributed by atoms with Gasteiger partial charge in [-0.2, -0.15) is 0 Å². The molecule has 0 saturated heterocycles. The van der Waals surface area contributed by atoms with Gasteiger partial charge in [0.05, 0.1) is 5.41 Å². The van der Waals surface area contributed by atoms with E-state index in [1.54, 1.807) is 0 Å². The SMILES string of the molecule is CCC(C)(C)CC1(C(=O)OC2CCCCC3CCCCC32)CC1(C)C. The number of carbonyl (C=O) groups excluding carboxylic acids is 1. The number of ether oxygens (including phenoxy) is 1. The van der Waals surface area contributed by atoms with Crippen molar-refractivity contribution in [3.8, 4) is 0 Å². The Morgan fingerprint density at radius 2 is 1.60 bits per heavy atom. The summed E-state index contributed by atoms with van der Waals surface area (Å²) >= 11 is 0. The van der Waals surface area contributed by atoms with E-state index < -0.39 is 0 Å². The molecule has 4 unspecified atom stereocenters. The molecule has 3 fully saturated rings. The van der Waals surface area contributed by atoms with Gasteiger partial charge in [-0.1, -0.05) is 73.1 Å². The van der Waals surface area contributed by atoms with Crippen LogP contribution in [0.3, 0.4) is 0 Å². The van der Waals surface area contributed by atoms with Crippen LogP contribution < -0.4 is 0 Å². The fourth-order valence-corrected chi connectivity index (χ4v) is 5.82. The molecule has 0 aromatic heterocycles. The molecule has 0 amide bonds. The van der Waals surface area contributed by atoms with E-state index in [1.165, 1.54) is 44.9 Å². The first-order chi connectivity index (χ1) is 11.7. The molecule has 2 nitrogen and oxygen atoms in total. The minimum absolute atomic E-state index is 0.104. The van der Waals surface area contributed by atoms with Crippen molar-refractivity contribution in [2.75, 3.05) is 0 Å². The van der Waals surface area contributed by atoms with Gasteiger partial charge in [-0.05, 0) is 54.8 Å². The Morgan fingerprint density at radius 1 is 1.04 bits per heavy atom. The summed E-state index contributed by atoms with van der Waals surface area (Å²) in [5, 5.41) is 0. The molecular formula is C23H40O2. The van der Waals surface area contributed by atoms with Crippen molar-refractivity contribution in [2.45, 2.75) is 111 Å². The monoisotopic (exact) mass is 348 g/mol. The molecule has 0 aromatic rings. The first-order valence-corrected chi connectivity index (χ1v) is 10.9. The minimum atomic E-state index is -0.233. The Morgan fingerprint density at radius 3 is 2.16 bits per heavy atom. The first kappa shape index (κ1) is 19.2. The maximum absolute atomic E-state index is 13.4. The van der Waals surface area contributed by atoms with E-state index in [1.807, 2.05) is 0 Å². The summed E-state index contributed by atoms with van der Waals surface area (Å²) in [7, 11) is 0. The number of fused-ring (bicyclic) bond motifs is 1. The lowest BCUT2D eigenvalue weighted by atomic mass is 9.74. The molecule has 2 heteroatoms. The van der Waals surface area contributed by atoms with Crippen LogP contribution in [0.4, 0.5) is 0 Å². The largest absolute Gasteiger partial charge is 0.462 e. The molecule has 4 atom stereocenters. The molecule has 0 N–H and O–H groups in total. The van der Waals surface area contributed by atoms with E-state index in [-0.39, 0.29) is 28.3 Å². The van der Waals surface area contributed by atoms with Gasteiger partial charge in [0.15, 0.2) is 0 Å². The third-order valence-electron chi connectivity index (χ3n) is 8.06. The van der Waals surface area contributed by atoms with Crippen LogP contribution in [0.15, 0.2) is 0 Å². The molecule has 3 aliphatic rings. The molecule has 3 aliphatic carbocycles. The van der Waals surface area contributed by atoms with Gasteiger partial charge in [0.2, 0.25) is 0 Å². The molecule has 3 saturated carbocycles. The van der Waals surface area contributed by atoms with Gasteiger partial charge in [-0.3, -0.25) is 4.79 Å². The molecule has 3 rings (SSSR count). The Labute approximate surface area is 155 Å². The summed E-state index contributed by atoms with van der Waals surface area (Å²) in [5.41, 5.74) is 0.0831. The van der Waals surface area contributed by atoms with E-state index in [0.29, 0.717) is 5.92 Å². The average Bonchev–Trinajstić information content (AvgIpc) is 3.18.